The smallest absolute Gasteiger partial charge is 0.146 e. The minimum absolute atomic E-state index is 0.133. The van der Waals surface area contributed by atoms with E-state index >= 15 is 0 Å². The van der Waals surface area contributed by atoms with Crippen molar-refractivity contribution in [3.8, 4) is 0 Å². The summed E-state index contributed by atoms with van der Waals surface area (Å²) in [5.74, 6) is 0.932. The summed E-state index contributed by atoms with van der Waals surface area (Å²) in [4.78, 5) is 2.00. The summed E-state index contributed by atoms with van der Waals surface area (Å²) in [7, 11) is 1.96. The van der Waals surface area contributed by atoms with Gasteiger partial charge in [0.1, 0.15) is 5.82 Å². The predicted octanol–water partition coefficient (Wildman–Crippen LogP) is 2.75. The monoisotopic (exact) mass is 268 g/mol. The van der Waals surface area contributed by atoms with E-state index in [2.05, 4.69) is 5.32 Å². The van der Waals surface area contributed by atoms with Crippen molar-refractivity contribution in [1.29, 1.82) is 0 Å². The molecule has 1 aromatic carbocycles. The van der Waals surface area contributed by atoms with Gasteiger partial charge in [0.25, 0.3) is 0 Å². The molecule has 4 heteroatoms. The van der Waals surface area contributed by atoms with E-state index in [-0.39, 0.29) is 5.82 Å². The molecule has 100 valence electrons. The second kappa shape index (κ2) is 7.00. The van der Waals surface area contributed by atoms with E-state index in [4.69, 9.17) is 0 Å². The van der Waals surface area contributed by atoms with Gasteiger partial charge in [0, 0.05) is 24.6 Å². The summed E-state index contributed by atoms with van der Waals surface area (Å²) >= 11 is 2.02. The third-order valence-electron chi connectivity index (χ3n) is 3.33. The van der Waals surface area contributed by atoms with Crippen LogP contribution in [-0.2, 0) is 0 Å². The Morgan fingerprint density at radius 2 is 2.06 bits per heavy atom. The van der Waals surface area contributed by atoms with E-state index in [0.717, 1.165) is 30.6 Å². The van der Waals surface area contributed by atoms with E-state index in [1.165, 1.54) is 18.9 Å². The number of para-hydroxylation sites is 1. The Labute approximate surface area is 113 Å². The summed E-state index contributed by atoms with van der Waals surface area (Å²) < 4.78 is 13.6. The lowest BCUT2D eigenvalue weighted by atomic mass is 10.2. The van der Waals surface area contributed by atoms with Gasteiger partial charge < -0.3 is 10.2 Å². The lowest BCUT2D eigenvalue weighted by Crippen LogP contribution is -2.30. The molecule has 18 heavy (non-hydrogen) atoms. The quantitative estimate of drug-likeness (QED) is 0.884. The molecule has 1 aliphatic heterocycles. The molecule has 2 nitrogen and oxygen atoms in total. The molecule has 0 atom stereocenters. The number of hydrogen-bond donors (Lipinski definition) is 1. The van der Waals surface area contributed by atoms with Crippen LogP contribution in [0.15, 0.2) is 24.3 Å². The molecule has 1 saturated heterocycles. The Morgan fingerprint density at radius 3 is 2.78 bits per heavy atom. The van der Waals surface area contributed by atoms with E-state index < -0.39 is 0 Å². The summed E-state index contributed by atoms with van der Waals surface area (Å²) in [6.45, 7) is 3.18. The van der Waals surface area contributed by atoms with Gasteiger partial charge in [-0.15, -0.1) is 0 Å². The van der Waals surface area contributed by atoms with E-state index in [9.17, 15) is 4.39 Å². The van der Waals surface area contributed by atoms with Gasteiger partial charge in [0.05, 0.1) is 5.69 Å². The molecular weight excluding hydrogens is 247 g/mol. The number of rotatable bonds is 5. The fourth-order valence-corrected chi connectivity index (χ4v) is 3.48. The summed E-state index contributed by atoms with van der Waals surface area (Å²) in [5, 5.41) is 4.15. The molecule has 0 bridgehead atoms. The zero-order valence-electron chi connectivity index (χ0n) is 10.9. The SMILES string of the molecule is CN(CCSC1CCNCC1)c1ccccc1F. The van der Waals surface area contributed by atoms with E-state index in [0.29, 0.717) is 5.69 Å². The highest BCUT2D eigenvalue weighted by Crippen LogP contribution is 2.22. The van der Waals surface area contributed by atoms with Crippen LogP contribution in [0.25, 0.3) is 0 Å². The number of nitrogens with zero attached hydrogens (tertiary/aromatic N) is 1. The molecule has 0 unspecified atom stereocenters. The molecule has 1 heterocycles. The molecule has 1 aliphatic rings. The lowest BCUT2D eigenvalue weighted by Gasteiger charge is -2.24. The van der Waals surface area contributed by atoms with Gasteiger partial charge in [-0.2, -0.15) is 11.8 Å². The number of hydrogen-bond acceptors (Lipinski definition) is 3. The molecule has 2 rings (SSSR count). The average Bonchev–Trinajstić information content (AvgIpc) is 2.40. The Kier molecular flexibility index (Phi) is 5.32. The fraction of sp³-hybridized carbons (Fsp3) is 0.571. The van der Waals surface area contributed by atoms with Crippen LogP contribution in [-0.4, -0.2) is 37.7 Å². The first-order valence-corrected chi connectivity index (χ1v) is 7.60. The van der Waals surface area contributed by atoms with Crippen molar-refractivity contribution in [2.45, 2.75) is 18.1 Å². The second-order valence-corrected chi connectivity index (χ2v) is 6.10. The van der Waals surface area contributed by atoms with Gasteiger partial charge in [-0.05, 0) is 38.1 Å². The number of benzene rings is 1. The maximum atomic E-state index is 13.6. The maximum absolute atomic E-state index is 13.6. The summed E-state index contributed by atoms with van der Waals surface area (Å²) in [6.07, 6.45) is 2.52. The van der Waals surface area contributed by atoms with Crippen LogP contribution < -0.4 is 10.2 Å². The van der Waals surface area contributed by atoms with Gasteiger partial charge in [0.2, 0.25) is 0 Å². The van der Waals surface area contributed by atoms with Gasteiger partial charge >= 0.3 is 0 Å². The van der Waals surface area contributed by atoms with Gasteiger partial charge in [-0.1, -0.05) is 12.1 Å². The summed E-state index contributed by atoms with van der Waals surface area (Å²) in [6, 6.07) is 6.97. The fourth-order valence-electron chi connectivity index (χ4n) is 2.20. The Balaban J connectivity index is 1.74. The van der Waals surface area contributed by atoms with Crippen LogP contribution in [0.4, 0.5) is 10.1 Å². The number of halogens is 1. The standard InChI is InChI=1S/C14H21FN2S/c1-17(14-5-3-2-4-13(14)15)10-11-18-12-6-8-16-9-7-12/h2-5,12,16H,6-11H2,1H3. The Morgan fingerprint density at radius 1 is 1.33 bits per heavy atom. The summed E-state index contributed by atoms with van der Waals surface area (Å²) in [5.41, 5.74) is 0.698. The maximum Gasteiger partial charge on any atom is 0.146 e. The second-order valence-electron chi connectivity index (χ2n) is 4.69. The first-order valence-electron chi connectivity index (χ1n) is 6.55. The van der Waals surface area contributed by atoms with Crippen molar-refractivity contribution in [2.75, 3.05) is 37.3 Å². The largest absolute Gasteiger partial charge is 0.371 e. The predicted molar refractivity (Wildman–Crippen MR) is 78.0 cm³/mol. The lowest BCUT2D eigenvalue weighted by molar-refractivity contribution is 0.531. The highest BCUT2D eigenvalue weighted by atomic mass is 32.2. The van der Waals surface area contributed by atoms with Gasteiger partial charge in [-0.3, -0.25) is 0 Å². The molecule has 0 radical (unpaired) electrons. The zero-order chi connectivity index (χ0) is 12.8. The number of anilines is 1. The molecule has 0 spiro atoms. The average molecular weight is 268 g/mol. The van der Waals surface area contributed by atoms with Crippen LogP contribution in [0.5, 0.6) is 0 Å². The van der Waals surface area contributed by atoms with Crippen molar-refractivity contribution in [1.82, 2.24) is 5.32 Å². The Bertz CT molecular complexity index is 367. The number of piperidine rings is 1. The molecule has 1 aromatic rings. The molecule has 0 saturated carbocycles. The highest BCUT2D eigenvalue weighted by molar-refractivity contribution is 7.99. The minimum atomic E-state index is -0.133. The first kappa shape index (κ1) is 13.7. The normalized spacial score (nSPS) is 16.8. The number of thioether (sulfide) groups is 1. The number of nitrogens with one attached hydrogen (secondary N) is 1. The zero-order valence-corrected chi connectivity index (χ0v) is 11.7. The molecule has 0 amide bonds. The highest BCUT2D eigenvalue weighted by Gasteiger charge is 2.13. The van der Waals surface area contributed by atoms with E-state index in [1.807, 2.05) is 35.8 Å². The third kappa shape index (κ3) is 3.89. The van der Waals surface area contributed by atoms with Crippen LogP contribution in [0.1, 0.15) is 12.8 Å². The molecule has 1 fully saturated rings. The topological polar surface area (TPSA) is 15.3 Å². The minimum Gasteiger partial charge on any atom is -0.371 e. The Hall–Kier alpha value is -0.740. The molecule has 1 N–H and O–H groups in total. The molecular formula is C14H21FN2S. The van der Waals surface area contributed by atoms with Crippen LogP contribution in [0, 0.1) is 5.82 Å². The van der Waals surface area contributed by atoms with Crippen molar-refractivity contribution < 1.29 is 4.39 Å². The van der Waals surface area contributed by atoms with Gasteiger partial charge in [0.15, 0.2) is 0 Å². The van der Waals surface area contributed by atoms with Crippen molar-refractivity contribution in [3.05, 3.63) is 30.1 Å². The van der Waals surface area contributed by atoms with Crippen LogP contribution in [0.2, 0.25) is 0 Å². The van der Waals surface area contributed by atoms with Crippen LogP contribution in [0.3, 0.4) is 0 Å². The molecule has 0 aromatic heterocycles. The molecule has 0 aliphatic carbocycles. The van der Waals surface area contributed by atoms with Crippen molar-refractivity contribution in [3.63, 3.8) is 0 Å². The van der Waals surface area contributed by atoms with E-state index in [1.54, 1.807) is 6.07 Å². The van der Waals surface area contributed by atoms with Gasteiger partial charge in [-0.25, -0.2) is 4.39 Å². The first-order chi connectivity index (χ1) is 8.77. The van der Waals surface area contributed by atoms with Crippen molar-refractivity contribution >= 4 is 17.4 Å². The van der Waals surface area contributed by atoms with Crippen molar-refractivity contribution in [2.24, 2.45) is 0 Å². The van der Waals surface area contributed by atoms with Crippen LogP contribution >= 0.6 is 11.8 Å². The third-order valence-corrected chi connectivity index (χ3v) is 4.69.